The lowest BCUT2D eigenvalue weighted by molar-refractivity contribution is 0.334. The molecule has 2 aliphatic rings. The number of nitrogens with zero attached hydrogens (tertiary/aromatic N) is 1. The Balaban J connectivity index is 1.70. The van der Waals surface area contributed by atoms with Gasteiger partial charge in [-0.15, -0.1) is 0 Å². The third-order valence-corrected chi connectivity index (χ3v) is 5.07. The van der Waals surface area contributed by atoms with Crippen LogP contribution in [-0.4, -0.2) is 13.1 Å². The first-order chi connectivity index (χ1) is 9.26. The van der Waals surface area contributed by atoms with E-state index in [0.717, 1.165) is 30.0 Å². The van der Waals surface area contributed by atoms with E-state index in [1.54, 1.807) is 0 Å². The molecular weight excluding hydrogens is 232 g/mol. The molecule has 104 valence electrons. The average Bonchev–Trinajstić information content (AvgIpc) is 3.00. The Morgan fingerprint density at radius 2 is 2.16 bits per heavy atom. The second-order valence-electron chi connectivity index (χ2n) is 6.48. The van der Waals surface area contributed by atoms with Crippen LogP contribution >= 0.6 is 0 Å². The zero-order chi connectivity index (χ0) is 13.2. The summed E-state index contributed by atoms with van der Waals surface area (Å²) >= 11 is 0. The molecule has 19 heavy (non-hydrogen) atoms. The lowest BCUT2D eigenvalue weighted by Gasteiger charge is -2.31. The first-order valence-electron chi connectivity index (χ1n) is 7.86. The average molecular weight is 258 g/mol. The van der Waals surface area contributed by atoms with Crippen molar-refractivity contribution in [1.82, 2.24) is 0 Å². The first kappa shape index (κ1) is 12.8. The molecule has 0 amide bonds. The van der Waals surface area contributed by atoms with Gasteiger partial charge in [0.05, 0.1) is 0 Å². The molecule has 3 unspecified atom stereocenters. The summed E-state index contributed by atoms with van der Waals surface area (Å²) in [6.45, 7) is 4.65. The van der Waals surface area contributed by atoms with Crippen LogP contribution < -0.4 is 10.6 Å². The normalized spacial score (nSPS) is 28.8. The van der Waals surface area contributed by atoms with E-state index >= 15 is 0 Å². The maximum Gasteiger partial charge on any atom is 0.0386 e. The molecule has 2 N–H and O–H groups in total. The molecule has 1 aromatic rings. The van der Waals surface area contributed by atoms with Crippen LogP contribution in [0.1, 0.15) is 39.0 Å². The molecule has 2 aliphatic carbocycles. The minimum absolute atomic E-state index is 0.881. The van der Waals surface area contributed by atoms with Crippen molar-refractivity contribution in [3.63, 3.8) is 0 Å². The summed E-state index contributed by atoms with van der Waals surface area (Å²) in [7, 11) is 0. The number of nitrogens with two attached hydrogens (primary N) is 1. The first-order valence-corrected chi connectivity index (χ1v) is 7.86. The van der Waals surface area contributed by atoms with Crippen LogP contribution in [0.15, 0.2) is 24.3 Å². The standard InChI is InChI=1S/C17H26N2/c1-2-8-19(17-5-3-4-16(18)11-17)12-15-10-13-6-7-14(15)9-13/h3-5,11,13-15H,2,6-10,12,18H2,1H3. The van der Waals surface area contributed by atoms with Crippen molar-refractivity contribution in [3.05, 3.63) is 24.3 Å². The number of benzene rings is 1. The summed E-state index contributed by atoms with van der Waals surface area (Å²) in [5.74, 6) is 2.97. The molecule has 0 spiro atoms. The van der Waals surface area contributed by atoms with Crippen LogP contribution in [0, 0.1) is 17.8 Å². The van der Waals surface area contributed by atoms with E-state index in [-0.39, 0.29) is 0 Å². The van der Waals surface area contributed by atoms with Crippen LogP contribution in [0.4, 0.5) is 11.4 Å². The molecular formula is C17H26N2. The molecule has 3 rings (SSSR count). The Hall–Kier alpha value is -1.18. The molecule has 0 aromatic heterocycles. The van der Waals surface area contributed by atoms with Crippen LogP contribution in [0.25, 0.3) is 0 Å². The molecule has 1 aromatic carbocycles. The zero-order valence-electron chi connectivity index (χ0n) is 12.0. The fourth-order valence-corrected chi connectivity index (χ4v) is 4.20. The summed E-state index contributed by atoms with van der Waals surface area (Å²) in [6.07, 6.45) is 7.14. The third kappa shape index (κ3) is 2.72. The summed E-state index contributed by atoms with van der Waals surface area (Å²) < 4.78 is 0. The highest BCUT2D eigenvalue weighted by Crippen LogP contribution is 2.48. The van der Waals surface area contributed by atoms with Gasteiger partial charge in [0, 0.05) is 24.5 Å². The smallest absolute Gasteiger partial charge is 0.0386 e. The van der Waals surface area contributed by atoms with Gasteiger partial charge >= 0.3 is 0 Å². The second kappa shape index (κ2) is 5.44. The molecule has 0 saturated heterocycles. The van der Waals surface area contributed by atoms with Crippen molar-refractivity contribution in [3.8, 4) is 0 Å². The maximum absolute atomic E-state index is 5.93. The van der Waals surface area contributed by atoms with Gasteiger partial charge in [0.2, 0.25) is 0 Å². The molecule has 2 saturated carbocycles. The van der Waals surface area contributed by atoms with Crippen molar-refractivity contribution < 1.29 is 0 Å². The number of hydrogen-bond acceptors (Lipinski definition) is 2. The number of anilines is 2. The van der Waals surface area contributed by atoms with Gasteiger partial charge in [-0.3, -0.25) is 0 Å². The van der Waals surface area contributed by atoms with Crippen molar-refractivity contribution in [1.29, 1.82) is 0 Å². The Bertz CT molecular complexity index is 429. The summed E-state index contributed by atoms with van der Waals surface area (Å²) in [5, 5.41) is 0. The lowest BCUT2D eigenvalue weighted by Crippen LogP contribution is -2.32. The van der Waals surface area contributed by atoms with Crippen LogP contribution in [0.5, 0.6) is 0 Å². The topological polar surface area (TPSA) is 29.3 Å². The van der Waals surface area contributed by atoms with Gasteiger partial charge in [0.25, 0.3) is 0 Å². The molecule has 2 heteroatoms. The Morgan fingerprint density at radius 3 is 2.79 bits per heavy atom. The van der Waals surface area contributed by atoms with Crippen molar-refractivity contribution in [2.75, 3.05) is 23.7 Å². The van der Waals surface area contributed by atoms with Crippen molar-refractivity contribution >= 4 is 11.4 Å². The fourth-order valence-electron chi connectivity index (χ4n) is 4.20. The third-order valence-electron chi connectivity index (χ3n) is 5.07. The quantitative estimate of drug-likeness (QED) is 0.811. The predicted octanol–water partition coefficient (Wildman–Crippen LogP) is 3.92. The summed E-state index contributed by atoms with van der Waals surface area (Å²) in [5.41, 5.74) is 8.13. The monoisotopic (exact) mass is 258 g/mol. The SMILES string of the molecule is CCCN(CC1CC2CCC1C2)c1cccc(N)c1. The van der Waals surface area contributed by atoms with E-state index in [1.165, 1.54) is 44.3 Å². The molecule has 2 fully saturated rings. The molecule has 0 aliphatic heterocycles. The van der Waals surface area contributed by atoms with Gasteiger partial charge < -0.3 is 10.6 Å². The van der Waals surface area contributed by atoms with Crippen molar-refractivity contribution in [2.45, 2.75) is 39.0 Å². The van der Waals surface area contributed by atoms with Crippen molar-refractivity contribution in [2.24, 2.45) is 17.8 Å². The molecule has 2 nitrogen and oxygen atoms in total. The Labute approximate surface area is 117 Å². The highest BCUT2D eigenvalue weighted by atomic mass is 15.1. The highest BCUT2D eigenvalue weighted by molar-refractivity contribution is 5.56. The van der Waals surface area contributed by atoms with E-state index in [1.807, 2.05) is 6.07 Å². The van der Waals surface area contributed by atoms with Crippen LogP contribution in [0.2, 0.25) is 0 Å². The van der Waals surface area contributed by atoms with Gasteiger partial charge in [0.1, 0.15) is 0 Å². The fraction of sp³-hybridized carbons (Fsp3) is 0.647. The lowest BCUT2D eigenvalue weighted by atomic mass is 9.88. The maximum atomic E-state index is 5.93. The number of rotatable bonds is 5. The van der Waals surface area contributed by atoms with E-state index < -0.39 is 0 Å². The summed E-state index contributed by atoms with van der Waals surface area (Å²) in [6, 6.07) is 8.39. The molecule has 0 heterocycles. The number of hydrogen-bond donors (Lipinski definition) is 1. The van der Waals surface area contributed by atoms with Crippen LogP contribution in [-0.2, 0) is 0 Å². The van der Waals surface area contributed by atoms with Gasteiger partial charge in [0.15, 0.2) is 0 Å². The zero-order valence-corrected chi connectivity index (χ0v) is 12.0. The minimum atomic E-state index is 0.881. The van der Waals surface area contributed by atoms with Crippen LogP contribution in [0.3, 0.4) is 0 Å². The molecule has 3 atom stereocenters. The van der Waals surface area contributed by atoms with Gasteiger partial charge in [-0.2, -0.15) is 0 Å². The largest absolute Gasteiger partial charge is 0.399 e. The van der Waals surface area contributed by atoms with E-state index in [4.69, 9.17) is 5.73 Å². The van der Waals surface area contributed by atoms with Gasteiger partial charge in [-0.1, -0.05) is 19.4 Å². The number of fused-ring (bicyclic) bond motifs is 2. The predicted molar refractivity (Wildman–Crippen MR) is 82.3 cm³/mol. The Kier molecular flexibility index (Phi) is 3.67. The second-order valence-corrected chi connectivity index (χ2v) is 6.48. The van der Waals surface area contributed by atoms with E-state index in [2.05, 4.69) is 30.0 Å². The summed E-state index contributed by atoms with van der Waals surface area (Å²) in [4.78, 5) is 2.56. The van der Waals surface area contributed by atoms with E-state index in [0.29, 0.717) is 0 Å². The van der Waals surface area contributed by atoms with Gasteiger partial charge in [-0.05, 0) is 61.6 Å². The minimum Gasteiger partial charge on any atom is -0.399 e. The van der Waals surface area contributed by atoms with Gasteiger partial charge in [-0.25, -0.2) is 0 Å². The molecule has 0 radical (unpaired) electrons. The van der Waals surface area contributed by atoms with E-state index in [9.17, 15) is 0 Å². The number of nitrogen functional groups attached to an aromatic ring is 1. The molecule has 2 bridgehead atoms. The highest BCUT2D eigenvalue weighted by Gasteiger charge is 2.39. The Morgan fingerprint density at radius 1 is 1.26 bits per heavy atom.